The van der Waals surface area contributed by atoms with Gasteiger partial charge in [-0.25, -0.2) is 0 Å². The van der Waals surface area contributed by atoms with Crippen molar-refractivity contribution in [1.29, 1.82) is 0 Å². The van der Waals surface area contributed by atoms with Crippen molar-refractivity contribution in [3.63, 3.8) is 0 Å². The van der Waals surface area contributed by atoms with Gasteiger partial charge in [0, 0.05) is 24.9 Å². The molecule has 0 aromatic carbocycles. The van der Waals surface area contributed by atoms with Crippen LogP contribution >= 0.6 is 0 Å². The highest BCUT2D eigenvalue weighted by molar-refractivity contribution is 5.65. The van der Waals surface area contributed by atoms with Crippen LogP contribution in [0.5, 0.6) is 0 Å². The first-order chi connectivity index (χ1) is 9.41. The van der Waals surface area contributed by atoms with E-state index in [4.69, 9.17) is 9.84 Å². The Labute approximate surface area is 120 Å². The van der Waals surface area contributed by atoms with Gasteiger partial charge in [-0.1, -0.05) is 18.6 Å². The zero-order chi connectivity index (χ0) is 14.8. The lowest BCUT2D eigenvalue weighted by atomic mass is 9.61. The maximum atomic E-state index is 11.0. The summed E-state index contributed by atoms with van der Waals surface area (Å²) in [5, 5.41) is 19.9. The van der Waals surface area contributed by atoms with E-state index < -0.39 is 5.60 Å². The van der Waals surface area contributed by atoms with Gasteiger partial charge < -0.3 is 14.9 Å². The molecule has 0 spiro atoms. The second-order valence-corrected chi connectivity index (χ2v) is 6.54. The Hall–Kier alpha value is -0.870. The number of ether oxygens (including phenoxy) is 1. The summed E-state index contributed by atoms with van der Waals surface area (Å²) in [6, 6.07) is 0. The van der Waals surface area contributed by atoms with Crippen LogP contribution in [0, 0.1) is 11.3 Å². The van der Waals surface area contributed by atoms with Gasteiger partial charge in [-0.15, -0.1) is 0 Å². The zero-order valence-electron chi connectivity index (χ0n) is 12.5. The van der Waals surface area contributed by atoms with Gasteiger partial charge in [0.05, 0.1) is 12.2 Å². The highest BCUT2D eigenvalue weighted by atomic mass is 16.5. The molecule has 2 N–H and O–H groups in total. The van der Waals surface area contributed by atoms with Crippen LogP contribution in [0.25, 0.3) is 0 Å². The second-order valence-electron chi connectivity index (χ2n) is 6.54. The summed E-state index contributed by atoms with van der Waals surface area (Å²) in [5.41, 5.74) is 0.406. The maximum absolute atomic E-state index is 11.0. The molecular formula is C16H26O4. The molecule has 0 saturated heterocycles. The van der Waals surface area contributed by atoms with Crippen molar-refractivity contribution in [2.45, 2.75) is 58.0 Å². The van der Waals surface area contributed by atoms with Crippen LogP contribution < -0.4 is 0 Å². The first-order valence-corrected chi connectivity index (χ1v) is 7.56. The van der Waals surface area contributed by atoms with Crippen molar-refractivity contribution in [2.24, 2.45) is 11.3 Å². The molecule has 3 atom stereocenters. The van der Waals surface area contributed by atoms with Gasteiger partial charge in [-0.2, -0.15) is 0 Å². The third kappa shape index (κ3) is 2.77. The molecule has 20 heavy (non-hydrogen) atoms. The molecular weight excluding hydrogens is 256 g/mol. The summed E-state index contributed by atoms with van der Waals surface area (Å²) < 4.78 is 5.18. The predicted octanol–water partition coefficient (Wildman–Crippen LogP) is 2.19. The topological polar surface area (TPSA) is 66.8 Å². The van der Waals surface area contributed by atoms with Gasteiger partial charge in [-0.3, -0.25) is 4.79 Å². The molecule has 0 radical (unpaired) electrons. The Kier molecular flexibility index (Phi) is 4.55. The number of hydrogen-bond acceptors (Lipinski definition) is 4. The van der Waals surface area contributed by atoms with E-state index in [1.165, 1.54) is 12.5 Å². The van der Waals surface area contributed by atoms with Gasteiger partial charge in [0.1, 0.15) is 0 Å². The van der Waals surface area contributed by atoms with Crippen molar-refractivity contribution < 1.29 is 19.7 Å². The van der Waals surface area contributed by atoms with Crippen LogP contribution in [0.3, 0.4) is 0 Å². The van der Waals surface area contributed by atoms with E-state index in [1.54, 1.807) is 0 Å². The third-order valence-electron chi connectivity index (χ3n) is 5.41. The van der Waals surface area contributed by atoms with Crippen LogP contribution in [-0.4, -0.2) is 35.0 Å². The highest BCUT2D eigenvalue weighted by Gasteiger charge is 2.58. The molecule has 0 aromatic rings. The lowest BCUT2D eigenvalue weighted by Gasteiger charge is -2.47. The maximum Gasteiger partial charge on any atom is 0.302 e. The minimum atomic E-state index is -0.683. The lowest BCUT2D eigenvalue weighted by molar-refractivity contribution is -0.146. The Balaban J connectivity index is 2.08. The quantitative estimate of drug-likeness (QED) is 0.613. The predicted molar refractivity (Wildman–Crippen MR) is 76.1 cm³/mol. The number of aliphatic hydroxyl groups excluding tert-OH is 1. The Morgan fingerprint density at radius 2 is 2.25 bits per heavy atom. The SMILES string of the molecule is CC(=O)OC[C@H]1CC[C@]2(O)C/C(=C/CCO)CC[C@]12C. The highest BCUT2D eigenvalue weighted by Crippen LogP contribution is 2.59. The smallest absolute Gasteiger partial charge is 0.302 e. The zero-order valence-corrected chi connectivity index (χ0v) is 12.5. The van der Waals surface area contributed by atoms with Crippen molar-refractivity contribution in [3.05, 3.63) is 11.6 Å². The van der Waals surface area contributed by atoms with E-state index in [9.17, 15) is 9.90 Å². The standard InChI is InChI=1S/C16H26O4/c1-12(18)20-11-14-6-8-16(19)10-13(4-3-9-17)5-7-15(14,16)2/h4,14,17,19H,3,5-11H2,1-2H3/b13-4+/t14-,15-,16+/m1/s1. The molecule has 0 heterocycles. The fourth-order valence-electron chi connectivity index (χ4n) is 3.94. The van der Waals surface area contributed by atoms with Gasteiger partial charge in [0.2, 0.25) is 0 Å². The van der Waals surface area contributed by atoms with Crippen LogP contribution in [0.15, 0.2) is 11.6 Å². The summed E-state index contributed by atoms with van der Waals surface area (Å²) in [7, 11) is 0. The van der Waals surface area contributed by atoms with E-state index >= 15 is 0 Å². The first-order valence-electron chi connectivity index (χ1n) is 7.56. The Morgan fingerprint density at radius 3 is 2.90 bits per heavy atom. The van der Waals surface area contributed by atoms with E-state index in [0.717, 1.165) is 25.7 Å². The summed E-state index contributed by atoms with van der Waals surface area (Å²) >= 11 is 0. The number of carbonyl (C=O) groups is 1. The van der Waals surface area contributed by atoms with Gasteiger partial charge in [0.15, 0.2) is 0 Å². The molecule has 0 amide bonds. The average Bonchev–Trinajstić information content (AvgIpc) is 2.65. The molecule has 0 aromatic heterocycles. The van der Waals surface area contributed by atoms with Crippen LogP contribution in [0.4, 0.5) is 0 Å². The summed E-state index contributed by atoms with van der Waals surface area (Å²) in [4.78, 5) is 11.0. The van der Waals surface area contributed by atoms with Crippen molar-refractivity contribution in [1.82, 2.24) is 0 Å². The largest absolute Gasteiger partial charge is 0.466 e. The minimum Gasteiger partial charge on any atom is -0.466 e. The molecule has 0 aliphatic heterocycles. The summed E-state index contributed by atoms with van der Waals surface area (Å²) in [6.45, 7) is 4.15. The monoisotopic (exact) mass is 282 g/mol. The molecule has 114 valence electrons. The molecule has 2 aliphatic rings. The Bertz CT molecular complexity index is 403. The summed E-state index contributed by atoms with van der Waals surface area (Å²) in [6.07, 6.45) is 7.00. The van der Waals surface area contributed by atoms with E-state index in [1.807, 2.05) is 0 Å². The van der Waals surface area contributed by atoms with E-state index in [2.05, 4.69) is 13.0 Å². The molecule has 0 bridgehead atoms. The van der Waals surface area contributed by atoms with Gasteiger partial charge in [-0.05, 0) is 38.5 Å². The fraction of sp³-hybridized carbons (Fsp3) is 0.812. The van der Waals surface area contributed by atoms with Crippen LogP contribution in [0.2, 0.25) is 0 Å². The normalized spacial score (nSPS) is 38.8. The third-order valence-corrected chi connectivity index (χ3v) is 5.41. The van der Waals surface area contributed by atoms with Gasteiger partial charge in [0.25, 0.3) is 0 Å². The van der Waals surface area contributed by atoms with Gasteiger partial charge >= 0.3 is 5.97 Å². The number of rotatable bonds is 4. The first kappa shape index (κ1) is 15.5. The van der Waals surface area contributed by atoms with Crippen LogP contribution in [-0.2, 0) is 9.53 Å². The molecule has 2 rings (SSSR count). The average molecular weight is 282 g/mol. The number of esters is 1. The summed E-state index contributed by atoms with van der Waals surface area (Å²) in [5.74, 6) is -0.000767. The number of aliphatic hydroxyl groups is 2. The number of fused-ring (bicyclic) bond motifs is 1. The fourth-order valence-corrected chi connectivity index (χ4v) is 3.94. The molecule has 4 heteroatoms. The number of carbonyl (C=O) groups excluding carboxylic acids is 1. The van der Waals surface area contributed by atoms with Crippen molar-refractivity contribution >= 4 is 5.97 Å². The molecule has 4 nitrogen and oxygen atoms in total. The molecule has 0 unspecified atom stereocenters. The van der Waals surface area contributed by atoms with Crippen molar-refractivity contribution in [2.75, 3.05) is 13.2 Å². The van der Waals surface area contributed by atoms with E-state index in [-0.39, 0.29) is 23.9 Å². The van der Waals surface area contributed by atoms with Crippen molar-refractivity contribution in [3.8, 4) is 0 Å². The molecule has 2 saturated carbocycles. The Morgan fingerprint density at radius 1 is 1.50 bits per heavy atom. The van der Waals surface area contributed by atoms with Crippen LogP contribution in [0.1, 0.15) is 52.4 Å². The molecule has 2 aliphatic carbocycles. The van der Waals surface area contributed by atoms with E-state index in [0.29, 0.717) is 19.4 Å². The molecule has 2 fully saturated rings. The number of hydrogen-bond donors (Lipinski definition) is 2. The second kappa shape index (κ2) is 5.86. The lowest BCUT2D eigenvalue weighted by Crippen LogP contribution is -2.48. The minimum absolute atomic E-state index is 0.161.